The van der Waals surface area contributed by atoms with E-state index in [1.54, 1.807) is 20.2 Å². The topological polar surface area (TPSA) is 63.8 Å². The monoisotopic (exact) mass is 268 g/mol. The Hall–Kier alpha value is -2.27. The van der Waals surface area contributed by atoms with E-state index in [-0.39, 0.29) is 0 Å². The van der Waals surface area contributed by atoms with Gasteiger partial charge >= 0.3 is 0 Å². The van der Waals surface area contributed by atoms with Crippen LogP contribution in [-0.4, -0.2) is 30.2 Å². The van der Waals surface area contributed by atoms with Gasteiger partial charge in [-0.15, -0.1) is 0 Å². The number of benzene rings is 1. The molecule has 3 aromatic rings. The third-order valence-electron chi connectivity index (χ3n) is 3.01. The van der Waals surface area contributed by atoms with E-state index in [1.165, 1.54) is 6.33 Å². The normalized spacial score (nSPS) is 11.9. The van der Waals surface area contributed by atoms with Crippen LogP contribution in [0.3, 0.4) is 0 Å². The lowest BCUT2D eigenvalue weighted by atomic mass is 10.1. The second-order valence-electron chi connectivity index (χ2n) is 5.45. The molecule has 5 nitrogen and oxygen atoms in total. The summed E-state index contributed by atoms with van der Waals surface area (Å²) < 4.78 is 1.85. The molecule has 0 unspecified atom stereocenters. The van der Waals surface area contributed by atoms with E-state index >= 15 is 0 Å². The SMILES string of the molecule is CC(C)(O)Cn1cnc2c(-c3ccccc3)ncnc21. The van der Waals surface area contributed by atoms with Crippen molar-refractivity contribution in [1.82, 2.24) is 19.5 Å². The van der Waals surface area contributed by atoms with Gasteiger partial charge in [0.2, 0.25) is 0 Å². The van der Waals surface area contributed by atoms with Gasteiger partial charge in [0.25, 0.3) is 0 Å². The van der Waals surface area contributed by atoms with E-state index in [2.05, 4.69) is 15.0 Å². The second kappa shape index (κ2) is 4.68. The summed E-state index contributed by atoms with van der Waals surface area (Å²) in [6.45, 7) is 3.96. The predicted molar refractivity (Wildman–Crippen MR) is 77.1 cm³/mol. The van der Waals surface area contributed by atoms with Crippen LogP contribution in [0.15, 0.2) is 43.0 Å². The molecule has 20 heavy (non-hydrogen) atoms. The van der Waals surface area contributed by atoms with Gasteiger partial charge in [0.15, 0.2) is 5.65 Å². The average molecular weight is 268 g/mol. The summed E-state index contributed by atoms with van der Waals surface area (Å²) in [4.78, 5) is 13.0. The molecular weight excluding hydrogens is 252 g/mol. The van der Waals surface area contributed by atoms with Crippen molar-refractivity contribution >= 4 is 11.2 Å². The van der Waals surface area contributed by atoms with Crippen molar-refractivity contribution in [3.63, 3.8) is 0 Å². The van der Waals surface area contributed by atoms with Crippen LogP contribution in [0.2, 0.25) is 0 Å². The zero-order valence-corrected chi connectivity index (χ0v) is 11.5. The smallest absolute Gasteiger partial charge is 0.163 e. The molecule has 0 saturated heterocycles. The fourth-order valence-corrected chi connectivity index (χ4v) is 2.22. The third kappa shape index (κ3) is 2.40. The third-order valence-corrected chi connectivity index (χ3v) is 3.01. The molecule has 5 heteroatoms. The predicted octanol–water partition coefficient (Wildman–Crippen LogP) is 2.26. The van der Waals surface area contributed by atoms with Gasteiger partial charge in [-0.1, -0.05) is 30.3 Å². The van der Waals surface area contributed by atoms with Gasteiger partial charge < -0.3 is 9.67 Å². The van der Waals surface area contributed by atoms with Crippen LogP contribution in [-0.2, 0) is 6.54 Å². The summed E-state index contributed by atoms with van der Waals surface area (Å²) in [6.07, 6.45) is 3.23. The van der Waals surface area contributed by atoms with Crippen LogP contribution >= 0.6 is 0 Å². The standard InChI is InChI=1S/C15H16N4O/c1-15(2,20)8-19-10-18-13-12(16-9-17-14(13)19)11-6-4-3-5-7-11/h3-7,9-10,20H,8H2,1-2H3. The van der Waals surface area contributed by atoms with Gasteiger partial charge in [-0.05, 0) is 13.8 Å². The molecular formula is C15H16N4O. The number of aromatic nitrogens is 4. The lowest BCUT2D eigenvalue weighted by molar-refractivity contribution is 0.0625. The van der Waals surface area contributed by atoms with Crippen LogP contribution in [0, 0.1) is 0 Å². The maximum Gasteiger partial charge on any atom is 0.163 e. The Morgan fingerprint density at radius 3 is 2.55 bits per heavy atom. The summed E-state index contributed by atoms with van der Waals surface area (Å²) in [5.41, 5.74) is 2.49. The number of hydrogen-bond donors (Lipinski definition) is 1. The first-order chi connectivity index (χ1) is 9.54. The molecule has 0 fully saturated rings. The van der Waals surface area contributed by atoms with Crippen LogP contribution in [0.4, 0.5) is 0 Å². The summed E-state index contributed by atoms with van der Waals surface area (Å²) >= 11 is 0. The molecule has 2 heterocycles. The van der Waals surface area contributed by atoms with Crippen molar-refractivity contribution in [2.45, 2.75) is 26.0 Å². The molecule has 1 N–H and O–H groups in total. The van der Waals surface area contributed by atoms with Crippen molar-refractivity contribution in [3.8, 4) is 11.3 Å². The van der Waals surface area contributed by atoms with E-state index in [9.17, 15) is 5.11 Å². The zero-order chi connectivity index (χ0) is 14.2. The number of rotatable bonds is 3. The summed E-state index contributed by atoms with van der Waals surface area (Å²) in [6, 6.07) is 9.90. The van der Waals surface area contributed by atoms with Crippen molar-refractivity contribution in [3.05, 3.63) is 43.0 Å². The molecule has 1 aromatic carbocycles. The van der Waals surface area contributed by atoms with E-state index in [1.807, 2.05) is 34.9 Å². The molecule has 0 radical (unpaired) electrons. The van der Waals surface area contributed by atoms with Gasteiger partial charge in [-0.3, -0.25) is 0 Å². The van der Waals surface area contributed by atoms with E-state index < -0.39 is 5.60 Å². The Morgan fingerprint density at radius 2 is 1.85 bits per heavy atom. The minimum Gasteiger partial charge on any atom is -0.389 e. The number of fused-ring (bicyclic) bond motifs is 1. The Kier molecular flexibility index (Phi) is 2.99. The molecule has 3 rings (SSSR count). The van der Waals surface area contributed by atoms with Crippen molar-refractivity contribution in [2.75, 3.05) is 0 Å². The van der Waals surface area contributed by atoms with Crippen molar-refractivity contribution in [1.29, 1.82) is 0 Å². The Labute approximate surface area is 117 Å². The highest BCUT2D eigenvalue weighted by Crippen LogP contribution is 2.24. The number of imidazole rings is 1. The van der Waals surface area contributed by atoms with Gasteiger partial charge in [0.1, 0.15) is 17.5 Å². The molecule has 2 aromatic heterocycles. The first kappa shape index (κ1) is 12.7. The average Bonchev–Trinajstić information content (AvgIpc) is 2.81. The minimum atomic E-state index is -0.814. The zero-order valence-electron chi connectivity index (χ0n) is 11.5. The lowest BCUT2D eigenvalue weighted by Gasteiger charge is -2.17. The molecule has 0 bridgehead atoms. The fraction of sp³-hybridized carbons (Fsp3) is 0.267. The number of hydrogen-bond acceptors (Lipinski definition) is 4. The number of aliphatic hydroxyl groups is 1. The Balaban J connectivity index is 2.13. The van der Waals surface area contributed by atoms with Gasteiger partial charge in [0, 0.05) is 5.56 Å². The summed E-state index contributed by atoms with van der Waals surface area (Å²) in [5.74, 6) is 0. The molecule has 0 aliphatic rings. The van der Waals surface area contributed by atoms with Crippen LogP contribution in [0.25, 0.3) is 22.4 Å². The molecule has 0 saturated carbocycles. The first-order valence-corrected chi connectivity index (χ1v) is 6.48. The summed E-state index contributed by atoms with van der Waals surface area (Å²) in [7, 11) is 0. The van der Waals surface area contributed by atoms with E-state index in [0.29, 0.717) is 6.54 Å². The molecule has 0 aliphatic carbocycles. The second-order valence-corrected chi connectivity index (χ2v) is 5.45. The fourth-order valence-electron chi connectivity index (χ4n) is 2.22. The van der Waals surface area contributed by atoms with Gasteiger partial charge in [-0.25, -0.2) is 15.0 Å². The van der Waals surface area contributed by atoms with Crippen LogP contribution in [0.1, 0.15) is 13.8 Å². The molecule has 102 valence electrons. The largest absolute Gasteiger partial charge is 0.389 e. The van der Waals surface area contributed by atoms with Crippen LogP contribution in [0.5, 0.6) is 0 Å². The highest BCUT2D eigenvalue weighted by Gasteiger charge is 2.17. The molecule has 0 spiro atoms. The van der Waals surface area contributed by atoms with Crippen LogP contribution < -0.4 is 0 Å². The lowest BCUT2D eigenvalue weighted by Crippen LogP contribution is -2.25. The van der Waals surface area contributed by atoms with Crippen molar-refractivity contribution in [2.24, 2.45) is 0 Å². The number of nitrogens with zero attached hydrogens (tertiary/aromatic N) is 4. The molecule has 0 atom stereocenters. The molecule has 0 aliphatic heterocycles. The van der Waals surface area contributed by atoms with Gasteiger partial charge in [0.05, 0.1) is 18.5 Å². The quantitative estimate of drug-likeness (QED) is 0.791. The van der Waals surface area contributed by atoms with Gasteiger partial charge in [-0.2, -0.15) is 0 Å². The summed E-state index contributed by atoms with van der Waals surface area (Å²) in [5, 5.41) is 9.94. The highest BCUT2D eigenvalue weighted by atomic mass is 16.3. The van der Waals surface area contributed by atoms with E-state index in [4.69, 9.17) is 0 Å². The minimum absolute atomic E-state index is 0.439. The first-order valence-electron chi connectivity index (χ1n) is 6.48. The maximum absolute atomic E-state index is 9.94. The highest BCUT2D eigenvalue weighted by molar-refractivity contribution is 5.86. The van der Waals surface area contributed by atoms with E-state index in [0.717, 1.165) is 22.4 Å². The van der Waals surface area contributed by atoms with Crippen molar-refractivity contribution < 1.29 is 5.11 Å². The maximum atomic E-state index is 9.94. The Bertz CT molecular complexity index is 728. The molecule has 0 amide bonds. The Morgan fingerprint density at radius 1 is 1.10 bits per heavy atom.